The third-order valence-corrected chi connectivity index (χ3v) is 6.32. The van der Waals surface area contributed by atoms with Crippen molar-refractivity contribution >= 4 is 16.0 Å². The van der Waals surface area contributed by atoms with Crippen LogP contribution in [0.3, 0.4) is 0 Å². The van der Waals surface area contributed by atoms with E-state index in [9.17, 15) is 8.42 Å². The number of benzene rings is 2. The first-order chi connectivity index (χ1) is 14.9. The minimum atomic E-state index is -3.42. The molecule has 168 valence electrons. The smallest absolute Gasteiger partial charge is 0.240 e. The van der Waals surface area contributed by atoms with Crippen molar-refractivity contribution in [1.82, 2.24) is 15.4 Å². The fourth-order valence-corrected chi connectivity index (χ4v) is 4.28. The first-order valence-electron chi connectivity index (χ1n) is 10.7. The van der Waals surface area contributed by atoms with Gasteiger partial charge >= 0.3 is 0 Å². The third kappa shape index (κ3) is 7.56. The van der Waals surface area contributed by atoms with Crippen LogP contribution in [0.4, 0.5) is 0 Å². The van der Waals surface area contributed by atoms with E-state index in [1.165, 1.54) is 0 Å². The zero-order valence-corrected chi connectivity index (χ0v) is 19.2. The molecule has 0 spiro atoms. The van der Waals surface area contributed by atoms with Gasteiger partial charge in [-0.15, -0.1) is 0 Å². The van der Waals surface area contributed by atoms with Gasteiger partial charge in [-0.25, -0.2) is 18.1 Å². The summed E-state index contributed by atoms with van der Waals surface area (Å²) in [6.07, 6.45) is 1.80. The summed E-state index contributed by atoms with van der Waals surface area (Å²) in [5.41, 5.74) is 2.10. The highest BCUT2D eigenvalue weighted by Gasteiger charge is 2.27. The summed E-state index contributed by atoms with van der Waals surface area (Å²) in [5.74, 6) is 1.54. The van der Waals surface area contributed by atoms with Crippen LogP contribution in [0.2, 0.25) is 0 Å². The van der Waals surface area contributed by atoms with Crippen molar-refractivity contribution in [3.63, 3.8) is 0 Å². The summed E-state index contributed by atoms with van der Waals surface area (Å²) in [6.45, 7) is 7.84. The Labute approximate surface area is 185 Å². The lowest BCUT2D eigenvalue weighted by Crippen LogP contribution is -2.41. The SMILES string of the molecule is CCNC(=NCc1ccc(S(=O)(=O)NC2CC2)cc1)NCC(C)Oc1cccc(C)c1. The summed E-state index contributed by atoms with van der Waals surface area (Å²) in [5, 5.41) is 6.52. The van der Waals surface area contributed by atoms with E-state index in [2.05, 4.69) is 20.3 Å². The average molecular weight is 445 g/mol. The van der Waals surface area contributed by atoms with Crippen molar-refractivity contribution in [2.75, 3.05) is 13.1 Å². The largest absolute Gasteiger partial charge is 0.489 e. The summed E-state index contributed by atoms with van der Waals surface area (Å²) < 4.78 is 33.2. The molecule has 3 N–H and O–H groups in total. The lowest BCUT2D eigenvalue weighted by molar-refractivity contribution is 0.223. The fraction of sp³-hybridized carbons (Fsp3) is 0.435. The molecule has 8 heteroatoms. The number of rotatable bonds is 10. The van der Waals surface area contributed by atoms with Gasteiger partial charge in [0.1, 0.15) is 11.9 Å². The van der Waals surface area contributed by atoms with E-state index in [0.717, 1.165) is 36.3 Å². The molecule has 2 aromatic carbocycles. The van der Waals surface area contributed by atoms with Crippen molar-refractivity contribution < 1.29 is 13.2 Å². The molecule has 7 nitrogen and oxygen atoms in total. The second-order valence-corrected chi connectivity index (χ2v) is 9.57. The molecule has 1 saturated carbocycles. The van der Waals surface area contributed by atoms with Gasteiger partial charge in [-0.3, -0.25) is 0 Å². The van der Waals surface area contributed by atoms with Gasteiger partial charge in [0.2, 0.25) is 10.0 Å². The molecule has 0 heterocycles. The molecule has 2 aromatic rings. The molecule has 3 rings (SSSR count). The van der Waals surface area contributed by atoms with Crippen molar-refractivity contribution in [2.45, 2.75) is 57.2 Å². The molecule has 0 aromatic heterocycles. The van der Waals surface area contributed by atoms with Gasteiger partial charge in [0.15, 0.2) is 5.96 Å². The molecule has 0 saturated heterocycles. The Balaban J connectivity index is 1.53. The van der Waals surface area contributed by atoms with Crippen LogP contribution in [-0.4, -0.2) is 39.6 Å². The van der Waals surface area contributed by atoms with Crippen molar-refractivity contribution in [3.05, 3.63) is 59.7 Å². The molecule has 1 aliphatic rings. The normalized spacial score (nSPS) is 15.4. The van der Waals surface area contributed by atoms with Crippen LogP contribution in [-0.2, 0) is 16.6 Å². The predicted molar refractivity (Wildman–Crippen MR) is 124 cm³/mol. The number of aliphatic imine (C=N–C) groups is 1. The molecule has 31 heavy (non-hydrogen) atoms. The maximum Gasteiger partial charge on any atom is 0.240 e. The standard InChI is InChI=1S/C23H32N4O3S/c1-4-24-23(25-15-18(3)30-21-7-5-6-17(2)14-21)26-16-19-8-12-22(13-9-19)31(28,29)27-20-10-11-20/h5-9,12-14,18,20,27H,4,10-11,15-16H2,1-3H3,(H2,24,25,26). The zero-order chi connectivity index (χ0) is 22.3. The lowest BCUT2D eigenvalue weighted by Gasteiger charge is -2.18. The van der Waals surface area contributed by atoms with Crippen molar-refractivity contribution in [2.24, 2.45) is 4.99 Å². The molecular weight excluding hydrogens is 412 g/mol. The van der Waals surface area contributed by atoms with Gasteiger partial charge in [-0.2, -0.15) is 0 Å². The number of hydrogen-bond acceptors (Lipinski definition) is 4. The molecule has 1 fully saturated rings. The predicted octanol–water partition coefficient (Wildman–Crippen LogP) is 2.96. The second-order valence-electron chi connectivity index (χ2n) is 7.86. The number of nitrogens with one attached hydrogen (secondary N) is 3. The van der Waals surface area contributed by atoms with E-state index in [0.29, 0.717) is 23.9 Å². The van der Waals surface area contributed by atoms with Crippen molar-refractivity contribution in [1.29, 1.82) is 0 Å². The minimum Gasteiger partial charge on any atom is -0.489 e. The average Bonchev–Trinajstić information content (AvgIpc) is 3.54. The molecule has 0 bridgehead atoms. The Morgan fingerprint density at radius 1 is 1.16 bits per heavy atom. The highest BCUT2D eigenvalue weighted by atomic mass is 32.2. The van der Waals surface area contributed by atoms with Crippen LogP contribution < -0.4 is 20.1 Å². The van der Waals surface area contributed by atoms with E-state index in [-0.39, 0.29) is 12.1 Å². The Hall–Kier alpha value is -2.58. The fourth-order valence-electron chi connectivity index (χ4n) is 2.98. The summed E-state index contributed by atoms with van der Waals surface area (Å²) in [4.78, 5) is 4.89. The first kappa shape index (κ1) is 23.1. The Kier molecular flexibility index (Phi) is 7.92. The van der Waals surface area contributed by atoms with Crippen molar-refractivity contribution in [3.8, 4) is 5.75 Å². The highest BCUT2D eigenvalue weighted by molar-refractivity contribution is 7.89. The Morgan fingerprint density at radius 3 is 2.55 bits per heavy atom. The Morgan fingerprint density at radius 2 is 1.90 bits per heavy atom. The zero-order valence-electron chi connectivity index (χ0n) is 18.4. The second kappa shape index (κ2) is 10.6. The number of nitrogens with zero attached hydrogens (tertiary/aromatic N) is 1. The van der Waals surface area contributed by atoms with Gasteiger partial charge in [-0.1, -0.05) is 24.3 Å². The lowest BCUT2D eigenvalue weighted by atomic mass is 10.2. The number of aryl methyl sites for hydroxylation is 1. The summed E-state index contributed by atoms with van der Waals surface area (Å²) in [7, 11) is -3.42. The monoisotopic (exact) mass is 444 g/mol. The molecule has 1 aliphatic carbocycles. The van der Waals surface area contributed by atoms with Crippen LogP contribution >= 0.6 is 0 Å². The van der Waals surface area contributed by atoms with Gasteiger partial charge in [0.05, 0.1) is 18.0 Å². The van der Waals surface area contributed by atoms with Crippen LogP contribution in [0, 0.1) is 6.92 Å². The van der Waals surface area contributed by atoms with Crippen LogP contribution in [0.1, 0.15) is 37.8 Å². The minimum absolute atomic E-state index is 0.0332. The highest BCUT2D eigenvalue weighted by Crippen LogP contribution is 2.22. The maximum absolute atomic E-state index is 12.3. The van der Waals surface area contributed by atoms with Gasteiger partial charge in [-0.05, 0) is 69.0 Å². The molecule has 1 atom stereocenters. The van der Waals surface area contributed by atoms with Crippen LogP contribution in [0.5, 0.6) is 5.75 Å². The van der Waals surface area contributed by atoms with Crippen LogP contribution in [0.25, 0.3) is 0 Å². The Bertz CT molecular complexity index is 986. The van der Waals surface area contributed by atoms with Gasteiger partial charge in [0, 0.05) is 12.6 Å². The quantitative estimate of drug-likeness (QED) is 0.387. The molecule has 1 unspecified atom stereocenters. The van der Waals surface area contributed by atoms with E-state index in [4.69, 9.17) is 4.74 Å². The van der Waals surface area contributed by atoms with Gasteiger partial charge in [0.25, 0.3) is 0 Å². The third-order valence-electron chi connectivity index (χ3n) is 4.78. The van der Waals surface area contributed by atoms with E-state index in [1.807, 2.05) is 45.0 Å². The van der Waals surface area contributed by atoms with E-state index < -0.39 is 10.0 Å². The summed E-state index contributed by atoms with van der Waals surface area (Å²) in [6, 6.07) is 15.0. The number of hydrogen-bond donors (Lipinski definition) is 3. The van der Waals surface area contributed by atoms with Crippen LogP contribution in [0.15, 0.2) is 58.4 Å². The number of sulfonamides is 1. The molecule has 0 amide bonds. The summed E-state index contributed by atoms with van der Waals surface area (Å²) >= 11 is 0. The van der Waals surface area contributed by atoms with Gasteiger partial charge < -0.3 is 15.4 Å². The molecular formula is C23H32N4O3S. The van der Waals surface area contributed by atoms with E-state index >= 15 is 0 Å². The number of guanidine groups is 1. The molecule has 0 radical (unpaired) electrons. The van der Waals surface area contributed by atoms with E-state index in [1.54, 1.807) is 24.3 Å². The molecule has 0 aliphatic heterocycles. The number of ether oxygens (including phenoxy) is 1. The topological polar surface area (TPSA) is 91.8 Å². The maximum atomic E-state index is 12.3. The first-order valence-corrected chi connectivity index (χ1v) is 12.2.